The van der Waals surface area contributed by atoms with E-state index in [1.165, 1.54) is 32.1 Å². The highest BCUT2D eigenvalue weighted by Gasteiger charge is 2.55. The summed E-state index contributed by atoms with van der Waals surface area (Å²) in [6.45, 7) is 1.67. The van der Waals surface area contributed by atoms with Gasteiger partial charge in [0.15, 0.2) is 0 Å². The zero-order chi connectivity index (χ0) is 11.4. The van der Waals surface area contributed by atoms with Crippen LogP contribution in [0, 0.1) is 5.41 Å². The lowest BCUT2D eigenvalue weighted by Crippen LogP contribution is -2.61. The van der Waals surface area contributed by atoms with Gasteiger partial charge in [0.25, 0.3) is 0 Å². The molecular weight excluding hydrogens is 202 g/mol. The maximum Gasteiger partial charge on any atom is 0.0661 e. The summed E-state index contributed by atoms with van der Waals surface area (Å²) in [4.78, 5) is 0. The van der Waals surface area contributed by atoms with Crippen LogP contribution in [0.5, 0.6) is 0 Å². The molecule has 3 heteroatoms. The van der Waals surface area contributed by atoms with Crippen LogP contribution >= 0.6 is 0 Å². The van der Waals surface area contributed by atoms with Crippen LogP contribution in [0.1, 0.15) is 38.5 Å². The van der Waals surface area contributed by atoms with Gasteiger partial charge in [-0.3, -0.25) is 0 Å². The summed E-state index contributed by atoms with van der Waals surface area (Å²) in [6, 6.07) is 0.697. The minimum atomic E-state index is 0.474. The van der Waals surface area contributed by atoms with Crippen molar-refractivity contribution < 1.29 is 9.47 Å². The molecule has 2 unspecified atom stereocenters. The number of hydrogen-bond acceptors (Lipinski definition) is 3. The molecule has 0 amide bonds. The molecule has 94 valence electrons. The van der Waals surface area contributed by atoms with Crippen LogP contribution in [-0.4, -0.2) is 39.5 Å². The number of rotatable bonds is 6. The highest BCUT2D eigenvalue weighted by Crippen LogP contribution is 2.54. The van der Waals surface area contributed by atoms with Crippen LogP contribution in [0.3, 0.4) is 0 Å². The molecule has 0 saturated heterocycles. The van der Waals surface area contributed by atoms with Crippen molar-refractivity contribution in [3.63, 3.8) is 0 Å². The quantitative estimate of drug-likeness (QED) is 0.704. The second-order valence-corrected chi connectivity index (χ2v) is 5.22. The number of ether oxygens (including phenoxy) is 2. The van der Waals surface area contributed by atoms with Crippen molar-refractivity contribution in [2.75, 3.05) is 27.4 Å². The summed E-state index contributed by atoms with van der Waals surface area (Å²) in [6.07, 6.45) is 8.20. The Kier molecular flexibility index (Phi) is 4.22. The SMILES string of the molecule is CNC1CC(OCCCOC)C12CCCC2. The molecule has 3 nitrogen and oxygen atoms in total. The second kappa shape index (κ2) is 5.48. The predicted molar refractivity (Wildman–Crippen MR) is 64.6 cm³/mol. The summed E-state index contributed by atoms with van der Waals surface area (Å²) in [5.74, 6) is 0. The minimum absolute atomic E-state index is 0.474. The first kappa shape index (κ1) is 12.3. The van der Waals surface area contributed by atoms with Gasteiger partial charge in [0.1, 0.15) is 0 Å². The fourth-order valence-corrected chi connectivity index (χ4v) is 3.52. The van der Waals surface area contributed by atoms with Gasteiger partial charge in [-0.25, -0.2) is 0 Å². The van der Waals surface area contributed by atoms with Crippen molar-refractivity contribution in [3.05, 3.63) is 0 Å². The maximum absolute atomic E-state index is 6.03. The van der Waals surface area contributed by atoms with Crippen molar-refractivity contribution in [1.29, 1.82) is 0 Å². The molecule has 0 aromatic heterocycles. The smallest absolute Gasteiger partial charge is 0.0661 e. The maximum atomic E-state index is 6.03. The molecule has 1 spiro atoms. The van der Waals surface area contributed by atoms with Crippen LogP contribution in [-0.2, 0) is 9.47 Å². The molecule has 1 N–H and O–H groups in total. The van der Waals surface area contributed by atoms with Crippen LogP contribution in [0.2, 0.25) is 0 Å². The first-order chi connectivity index (χ1) is 7.83. The molecule has 2 rings (SSSR count). The van der Waals surface area contributed by atoms with Gasteiger partial charge >= 0.3 is 0 Å². The van der Waals surface area contributed by atoms with Crippen molar-refractivity contribution in [1.82, 2.24) is 5.32 Å². The van der Waals surface area contributed by atoms with E-state index in [0.717, 1.165) is 19.6 Å². The molecule has 0 heterocycles. The van der Waals surface area contributed by atoms with E-state index in [2.05, 4.69) is 12.4 Å². The summed E-state index contributed by atoms with van der Waals surface area (Å²) >= 11 is 0. The van der Waals surface area contributed by atoms with E-state index in [-0.39, 0.29) is 0 Å². The third-order valence-electron chi connectivity index (χ3n) is 4.48. The Bertz CT molecular complexity index is 214. The van der Waals surface area contributed by atoms with E-state index in [1.807, 2.05) is 0 Å². The molecule has 2 atom stereocenters. The van der Waals surface area contributed by atoms with Crippen molar-refractivity contribution >= 4 is 0 Å². The molecular formula is C13H25NO2. The fraction of sp³-hybridized carbons (Fsp3) is 1.00. The Hall–Kier alpha value is -0.120. The van der Waals surface area contributed by atoms with Gasteiger partial charge in [0.05, 0.1) is 6.10 Å². The number of methoxy groups -OCH3 is 1. The van der Waals surface area contributed by atoms with Gasteiger partial charge in [-0.15, -0.1) is 0 Å². The van der Waals surface area contributed by atoms with Crippen LogP contribution in [0.4, 0.5) is 0 Å². The molecule has 0 aromatic rings. The van der Waals surface area contributed by atoms with E-state index in [9.17, 15) is 0 Å². The van der Waals surface area contributed by atoms with E-state index in [1.54, 1.807) is 7.11 Å². The monoisotopic (exact) mass is 227 g/mol. The normalized spacial score (nSPS) is 31.9. The zero-order valence-electron chi connectivity index (χ0n) is 10.6. The number of hydrogen-bond donors (Lipinski definition) is 1. The van der Waals surface area contributed by atoms with E-state index in [0.29, 0.717) is 17.6 Å². The average Bonchev–Trinajstić information content (AvgIpc) is 2.79. The third-order valence-corrected chi connectivity index (χ3v) is 4.48. The average molecular weight is 227 g/mol. The van der Waals surface area contributed by atoms with Gasteiger partial charge in [0.2, 0.25) is 0 Å². The summed E-state index contributed by atoms with van der Waals surface area (Å²) < 4.78 is 11.1. The molecule has 2 aliphatic rings. The Morgan fingerprint density at radius 2 is 2.00 bits per heavy atom. The van der Waals surface area contributed by atoms with Gasteiger partial charge in [-0.1, -0.05) is 12.8 Å². The molecule has 0 radical (unpaired) electrons. The van der Waals surface area contributed by atoms with Crippen molar-refractivity contribution in [2.24, 2.45) is 5.41 Å². The van der Waals surface area contributed by atoms with Crippen LogP contribution in [0.15, 0.2) is 0 Å². The Balaban J connectivity index is 1.78. The van der Waals surface area contributed by atoms with Crippen LogP contribution in [0.25, 0.3) is 0 Å². The molecule has 0 aromatic carbocycles. The predicted octanol–water partition coefficient (Wildman–Crippen LogP) is 1.96. The summed E-state index contributed by atoms with van der Waals surface area (Å²) in [5.41, 5.74) is 0.474. The summed E-state index contributed by atoms with van der Waals surface area (Å²) in [7, 11) is 3.84. The highest BCUT2D eigenvalue weighted by atomic mass is 16.5. The lowest BCUT2D eigenvalue weighted by Gasteiger charge is -2.54. The molecule has 2 aliphatic carbocycles. The van der Waals surface area contributed by atoms with Crippen molar-refractivity contribution in [2.45, 2.75) is 50.7 Å². The topological polar surface area (TPSA) is 30.5 Å². The second-order valence-electron chi connectivity index (χ2n) is 5.22. The standard InChI is InChI=1S/C13H25NO2/c1-14-11-10-12(16-9-5-8-15-2)13(11)6-3-4-7-13/h11-12,14H,3-10H2,1-2H3. The van der Waals surface area contributed by atoms with Gasteiger partial charge < -0.3 is 14.8 Å². The third kappa shape index (κ3) is 2.13. The lowest BCUT2D eigenvalue weighted by molar-refractivity contribution is -0.133. The molecule has 16 heavy (non-hydrogen) atoms. The highest BCUT2D eigenvalue weighted by molar-refractivity contribution is 5.09. The van der Waals surface area contributed by atoms with E-state index >= 15 is 0 Å². The van der Waals surface area contributed by atoms with Crippen molar-refractivity contribution in [3.8, 4) is 0 Å². The Labute approximate surface area is 98.9 Å². The Morgan fingerprint density at radius 1 is 1.25 bits per heavy atom. The molecule has 2 fully saturated rings. The van der Waals surface area contributed by atoms with E-state index in [4.69, 9.17) is 9.47 Å². The zero-order valence-corrected chi connectivity index (χ0v) is 10.6. The summed E-state index contributed by atoms with van der Waals surface area (Å²) in [5, 5.41) is 3.46. The first-order valence-corrected chi connectivity index (χ1v) is 6.61. The molecule has 2 saturated carbocycles. The Morgan fingerprint density at radius 3 is 2.62 bits per heavy atom. The van der Waals surface area contributed by atoms with Gasteiger partial charge in [-0.2, -0.15) is 0 Å². The first-order valence-electron chi connectivity index (χ1n) is 6.61. The molecule has 0 aliphatic heterocycles. The minimum Gasteiger partial charge on any atom is -0.385 e. The van der Waals surface area contributed by atoms with E-state index < -0.39 is 0 Å². The van der Waals surface area contributed by atoms with Crippen LogP contribution < -0.4 is 5.32 Å². The lowest BCUT2D eigenvalue weighted by atomic mass is 9.60. The molecule has 0 bridgehead atoms. The largest absolute Gasteiger partial charge is 0.385 e. The number of nitrogens with one attached hydrogen (secondary N) is 1. The van der Waals surface area contributed by atoms with Gasteiger partial charge in [0, 0.05) is 31.8 Å². The fourth-order valence-electron chi connectivity index (χ4n) is 3.52. The van der Waals surface area contributed by atoms with Gasteiger partial charge in [-0.05, 0) is 32.7 Å².